The SMILES string of the molecule is CCOC(=O)C(CCCCc1noc(=O)[nH]1)C1C(NC(=O)OC(C)(C)C)CCN1C(=O)OCc1ccccc1. The number of carbonyl (C=O) groups excluding carboxylic acids is 3. The molecule has 2 amide bonds. The van der Waals surface area contributed by atoms with Gasteiger partial charge >= 0.3 is 23.9 Å². The number of H-pyrrole nitrogens is 1. The Morgan fingerprint density at radius 2 is 1.92 bits per heavy atom. The molecule has 1 saturated heterocycles. The molecular weight excluding hydrogens is 508 g/mol. The maximum Gasteiger partial charge on any atom is 0.438 e. The number of hydrogen-bond acceptors (Lipinski definition) is 9. The molecule has 1 aromatic carbocycles. The molecule has 3 rings (SSSR count). The summed E-state index contributed by atoms with van der Waals surface area (Å²) in [5, 5.41) is 6.52. The van der Waals surface area contributed by atoms with Crippen molar-refractivity contribution < 1.29 is 33.1 Å². The number of benzene rings is 1. The molecule has 39 heavy (non-hydrogen) atoms. The van der Waals surface area contributed by atoms with Crippen molar-refractivity contribution in [3.05, 3.63) is 52.3 Å². The zero-order chi connectivity index (χ0) is 28.4. The Morgan fingerprint density at radius 1 is 1.18 bits per heavy atom. The molecule has 2 aromatic rings. The van der Waals surface area contributed by atoms with E-state index in [2.05, 4.69) is 20.0 Å². The molecule has 1 aliphatic rings. The Morgan fingerprint density at radius 3 is 2.56 bits per heavy atom. The molecule has 12 heteroatoms. The lowest BCUT2D eigenvalue weighted by molar-refractivity contribution is -0.150. The van der Waals surface area contributed by atoms with Gasteiger partial charge in [0, 0.05) is 13.0 Å². The summed E-state index contributed by atoms with van der Waals surface area (Å²) in [4.78, 5) is 54.3. The molecule has 0 radical (unpaired) electrons. The summed E-state index contributed by atoms with van der Waals surface area (Å²) in [7, 11) is 0. The summed E-state index contributed by atoms with van der Waals surface area (Å²) >= 11 is 0. The Labute approximate surface area is 227 Å². The Balaban J connectivity index is 1.77. The van der Waals surface area contributed by atoms with Gasteiger partial charge in [0.1, 0.15) is 12.2 Å². The highest BCUT2D eigenvalue weighted by Gasteiger charge is 2.46. The lowest BCUT2D eigenvalue weighted by Gasteiger charge is -2.33. The van der Waals surface area contributed by atoms with E-state index in [4.69, 9.17) is 14.2 Å². The van der Waals surface area contributed by atoms with E-state index < -0.39 is 47.5 Å². The largest absolute Gasteiger partial charge is 0.466 e. The summed E-state index contributed by atoms with van der Waals surface area (Å²) in [6, 6.07) is 8.04. The predicted molar refractivity (Wildman–Crippen MR) is 140 cm³/mol. The average molecular weight is 547 g/mol. The average Bonchev–Trinajstić information content (AvgIpc) is 3.48. The van der Waals surface area contributed by atoms with Gasteiger partial charge in [-0.05, 0) is 52.5 Å². The molecule has 2 heterocycles. The topological polar surface area (TPSA) is 153 Å². The fourth-order valence-corrected chi connectivity index (χ4v) is 4.65. The van der Waals surface area contributed by atoms with Crippen molar-refractivity contribution in [2.75, 3.05) is 13.2 Å². The van der Waals surface area contributed by atoms with E-state index in [1.54, 1.807) is 27.7 Å². The van der Waals surface area contributed by atoms with Gasteiger partial charge in [0.2, 0.25) is 0 Å². The number of nitrogens with zero attached hydrogens (tertiary/aromatic N) is 2. The second-order valence-corrected chi connectivity index (χ2v) is 10.4. The summed E-state index contributed by atoms with van der Waals surface area (Å²) in [6.07, 6.45) is 1.21. The number of rotatable bonds is 11. The molecule has 0 spiro atoms. The minimum absolute atomic E-state index is 0.0764. The first-order valence-electron chi connectivity index (χ1n) is 13.3. The Kier molecular flexibility index (Phi) is 10.5. The number of aromatic nitrogens is 2. The molecule has 3 unspecified atom stereocenters. The van der Waals surface area contributed by atoms with Crippen LogP contribution in [0.25, 0.3) is 0 Å². The van der Waals surface area contributed by atoms with Crippen molar-refractivity contribution >= 4 is 18.2 Å². The van der Waals surface area contributed by atoms with Gasteiger partial charge in [-0.2, -0.15) is 0 Å². The first-order valence-corrected chi connectivity index (χ1v) is 13.3. The standard InChI is InChI=1S/C27H38N4O8/c1-5-36-23(32)19(13-9-10-14-21-29-25(34)39-30-21)22-20(28-24(33)38-27(2,3)4)15-16-31(22)26(35)37-17-18-11-7-6-8-12-18/h6-8,11-12,19-20,22H,5,9-10,13-17H2,1-4H3,(H,28,33)(H,29,30,34). The number of amides is 2. The monoisotopic (exact) mass is 546 g/mol. The lowest BCUT2D eigenvalue weighted by Crippen LogP contribution is -2.53. The summed E-state index contributed by atoms with van der Waals surface area (Å²) in [5.41, 5.74) is 0.118. The third-order valence-corrected chi connectivity index (χ3v) is 6.26. The number of likely N-dealkylation sites (tertiary alicyclic amines) is 1. The summed E-state index contributed by atoms with van der Waals surface area (Å²) in [6.45, 7) is 7.53. The van der Waals surface area contributed by atoms with Crippen LogP contribution in [0.1, 0.15) is 64.8 Å². The van der Waals surface area contributed by atoms with Gasteiger partial charge < -0.3 is 24.4 Å². The number of alkyl carbamates (subject to hydrolysis) is 1. The minimum atomic E-state index is -0.729. The molecule has 1 fully saturated rings. The van der Waals surface area contributed by atoms with Gasteiger partial charge in [-0.3, -0.25) is 14.3 Å². The number of hydrogen-bond donors (Lipinski definition) is 2. The van der Waals surface area contributed by atoms with Gasteiger partial charge in [-0.15, -0.1) is 0 Å². The maximum atomic E-state index is 13.2. The molecule has 1 aromatic heterocycles. The van der Waals surface area contributed by atoms with Crippen LogP contribution >= 0.6 is 0 Å². The quantitative estimate of drug-likeness (QED) is 0.245. The van der Waals surface area contributed by atoms with Crippen molar-refractivity contribution in [1.29, 1.82) is 0 Å². The van der Waals surface area contributed by atoms with Crippen LogP contribution in [0.3, 0.4) is 0 Å². The highest BCUT2D eigenvalue weighted by Crippen LogP contribution is 2.30. The molecule has 214 valence electrons. The third kappa shape index (κ3) is 9.15. The first-order chi connectivity index (χ1) is 18.6. The Hall–Kier alpha value is -3.83. The van der Waals surface area contributed by atoms with Crippen molar-refractivity contribution in [1.82, 2.24) is 20.4 Å². The number of ether oxygens (including phenoxy) is 3. The first kappa shape index (κ1) is 29.7. The van der Waals surface area contributed by atoms with Crippen LogP contribution in [-0.2, 0) is 32.0 Å². The van der Waals surface area contributed by atoms with Crippen LogP contribution in [0.2, 0.25) is 0 Å². The van der Waals surface area contributed by atoms with Crippen LogP contribution in [-0.4, -0.2) is 64.0 Å². The number of esters is 1. The van der Waals surface area contributed by atoms with E-state index >= 15 is 0 Å². The maximum absolute atomic E-state index is 13.2. The van der Waals surface area contributed by atoms with Crippen molar-refractivity contribution in [2.24, 2.45) is 5.92 Å². The number of aromatic amines is 1. The second-order valence-electron chi connectivity index (χ2n) is 10.4. The van der Waals surface area contributed by atoms with E-state index in [9.17, 15) is 19.2 Å². The number of carbonyl (C=O) groups is 3. The van der Waals surface area contributed by atoms with Crippen LogP contribution in [0.4, 0.5) is 9.59 Å². The fourth-order valence-electron chi connectivity index (χ4n) is 4.65. The van der Waals surface area contributed by atoms with Gasteiger partial charge in [-0.1, -0.05) is 41.9 Å². The van der Waals surface area contributed by atoms with Crippen molar-refractivity contribution in [2.45, 2.75) is 84.1 Å². The molecule has 1 aliphatic heterocycles. The van der Waals surface area contributed by atoms with Crippen molar-refractivity contribution in [3.63, 3.8) is 0 Å². The van der Waals surface area contributed by atoms with E-state index in [0.717, 1.165) is 5.56 Å². The van der Waals surface area contributed by atoms with E-state index in [1.165, 1.54) is 4.90 Å². The number of nitrogens with one attached hydrogen (secondary N) is 2. The smallest absolute Gasteiger partial charge is 0.438 e. The molecule has 3 atom stereocenters. The molecule has 0 saturated carbocycles. The Bertz CT molecular complexity index is 1140. The third-order valence-electron chi connectivity index (χ3n) is 6.26. The molecular formula is C27H38N4O8. The van der Waals surface area contributed by atoms with Crippen LogP contribution in [0, 0.1) is 5.92 Å². The molecule has 2 N–H and O–H groups in total. The molecule has 0 bridgehead atoms. The number of unbranched alkanes of at least 4 members (excludes halogenated alkanes) is 1. The highest BCUT2D eigenvalue weighted by atomic mass is 16.6. The highest BCUT2D eigenvalue weighted by molar-refractivity contribution is 5.77. The van der Waals surface area contributed by atoms with E-state index in [-0.39, 0.29) is 19.8 Å². The normalized spacial score (nSPS) is 17.9. The lowest BCUT2D eigenvalue weighted by atomic mass is 9.89. The minimum Gasteiger partial charge on any atom is -0.466 e. The molecule has 0 aliphatic carbocycles. The summed E-state index contributed by atoms with van der Waals surface area (Å²) < 4.78 is 21.0. The van der Waals surface area contributed by atoms with Crippen LogP contribution in [0.5, 0.6) is 0 Å². The second kappa shape index (κ2) is 13.8. The van der Waals surface area contributed by atoms with Crippen LogP contribution < -0.4 is 11.1 Å². The zero-order valence-electron chi connectivity index (χ0n) is 22.9. The van der Waals surface area contributed by atoms with Crippen LogP contribution in [0.15, 0.2) is 39.6 Å². The van der Waals surface area contributed by atoms with Gasteiger partial charge in [0.25, 0.3) is 0 Å². The molecule has 12 nitrogen and oxygen atoms in total. The van der Waals surface area contributed by atoms with Gasteiger partial charge in [0.05, 0.1) is 24.6 Å². The van der Waals surface area contributed by atoms with E-state index in [1.807, 2.05) is 30.3 Å². The van der Waals surface area contributed by atoms with E-state index in [0.29, 0.717) is 37.9 Å². The van der Waals surface area contributed by atoms with Crippen molar-refractivity contribution in [3.8, 4) is 0 Å². The van der Waals surface area contributed by atoms with Gasteiger partial charge in [-0.25, -0.2) is 14.4 Å². The summed E-state index contributed by atoms with van der Waals surface area (Å²) in [5.74, 6) is -1.39. The van der Waals surface area contributed by atoms with Gasteiger partial charge in [0.15, 0.2) is 5.82 Å². The predicted octanol–water partition coefficient (Wildman–Crippen LogP) is 3.56. The fraction of sp³-hybridized carbons (Fsp3) is 0.593. The zero-order valence-corrected chi connectivity index (χ0v) is 22.9. The number of aryl methyl sites for hydroxylation is 1.